The summed E-state index contributed by atoms with van der Waals surface area (Å²) >= 11 is 0. The number of hydrogen-bond donors (Lipinski definition) is 2. The lowest BCUT2D eigenvalue weighted by molar-refractivity contribution is 0.582. The molecule has 6 heteroatoms. The van der Waals surface area contributed by atoms with Gasteiger partial charge < -0.3 is 10.6 Å². The number of nitrogens with zero attached hydrogens (tertiary/aromatic N) is 1. The molecule has 0 atom stereocenters. The summed E-state index contributed by atoms with van der Waals surface area (Å²) in [5, 5.41) is 5.21. The average molecular weight is 271 g/mol. The van der Waals surface area contributed by atoms with Crippen molar-refractivity contribution in [1.82, 2.24) is 0 Å². The number of primary sulfonamides is 1. The summed E-state index contributed by atoms with van der Waals surface area (Å²) in [5.74, 6) is 0.555. The number of nitrogen functional groups attached to an aromatic ring is 1. The Kier molecular flexibility index (Phi) is 4.59. The summed E-state index contributed by atoms with van der Waals surface area (Å²) in [7, 11) is -1.91. The molecule has 0 radical (unpaired) electrons. The fourth-order valence-electron chi connectivity index (χ4n) is 1.65. The predicted molar refractivity (Wildman–Crippen MR) is 75.0 cm³/mol. The van der Waals surface area contributed by atoms with Crippen molar-refractivity contribution in [2.75, 3.05) is 24.2 Å². The molecule has 1 aromatic rings. The van der Waals surface area contributed by atoms with Crippen LogP contribution >= 0.6 is 0 Å². The Balaban J connectivity index is 3.08. The monoisotopic (exact) mass is 271 g/mol. The molecule has 0 aliphatic carbocycles. The Morgan fingerprint density at radius 1 is 1.33 bits per heavy atom. The van der Waals surface area contributed by atoms with E-state index in [1.807, 2.05) is 11.9 Å². The Bertz CT molecular complexity index is 512. The van der Waals surface area contributed by atoms with E-state index in [0.717, 1.165) is 13.0 Å². The molecule has 0 aliphatic rings. The van der Waals surface area contributed by atoms with E-state index in [9.17, 15) is 8.42 Å². The van der Waals surface area contributed by atoms with Crippen LogP contribution in [0.15, 0.2) is 23.1 Å². The first-order chi connectivity index (χ1) is 8.21. The molecule has 0 saturated heterocycles. The lowest BCUT2D eigenvalue weighted by atomic mass is 10.1. The minimum atomic E-state index is -3.76. The van der Waals surface area contributed by atoms with Crippen LogP contribution in [0.25, 0.3) is 0 Å². The van der Waals surface area contributed by atoms with Crippen molar-refractivity contribution in [3.05, 3.63) is 18.2 Å². The van der Waals surface area contributed by atoms with Crippen LogP contribution in [0.4, 0.5) is 11.4 Å². The van der Waals surface area contributed by atoms with Crippen molar-refractivity contribution in [1.29, 1.82) is 0 Å². The summed E-state index contributed by atoms with van der Waals surface area (Å²) in [6, 6.07) is 4.77. The zero-order chi connectivity index (χ0) is 13.9. The standard InChI is InChI=1S/C12H21N3O2S/c1-9(2)6-7-15(3)11-5-4-10(13)8-12(11)18(14,16)17/h4-5,8-9H,6-7,13H2,1-3H3,(H2,14,16,17). The lowest BCUT2D eigenvalue weighted by Gasteiger charge is -2.22. The van der Waals surface area contributed by atoms with Gasteiger partial charge >= 0.3 is 0 Å². The molecule has 0 amide bonds. The van der Waals surface area contributed by atoms with E-state index >= 15 is 0 Å². The van der Waals surface area contributed by atoms with Crippen LogP contribution in [0.1, 0.15) is 20.3 Å². The van der Waals surface area contributed by atoms with Gasteiger partial charge in [0.25, 0.3) is 0 Å². The Morgan fingerprint density at radius 2 is 1.94 bits per heavy atom. The zero-order valence-corrected chi connectivity index (χ0v) is 11.9. The van der Waals surface area contributed by atoms with Gasteiger partial charge in [-0.25, -0.2) is 13.6 Å². The third-order valence-corrected chi connectivity index (χ3v) is 3.68. The first kappa shape index (κ1) is 14.8. The van der Waals surface area contributed by atoms with Crippen LogP contribution in [0.5, 0.6) is 0 Å². The average Bonchev–Trinajstić information content (AvgIpc) is 2.24. The lowest BCUT2D eigenvalue weighted by Crippen LogP contribution is -2.24. The molecule has 0 saturated carbocycles. The highest BCUT2D eigenvalue weighted by atomic mass is 32.2. The molecule has 18 heavy (non-hydrogen) atoms. The normalized spacial score (nSPS) is 11.8. The van der Waals surface area contributed by atoms with Gasteiger partial charge in [0, 0.05) is 19.3 Å². The highest BCUT2D eigenvalue weighted by Crippen LogP contribution is 2.26. The molecule has 0 aliphatic heterocycles. The van der Waals surface area contributed by atoms with Crippen molar-refractivity contribution < 1.29 is 8.42 Å². The summed E-state index contributed by atoms with van der Waals surface area (Å²) in [6.45, 7) is 5.01. The molecule has 102 valence electrons. The highest BCUT2D eigenvalue weighted by molar-refractivity contribution is 7.89. The van der Waals surface area contributed by atoms with Gasteiger partial charge in [0.1, 0.15) is 4.90 Å². The molecule has 1 rings (SSSR count). The highest BCUT2D eigenvalue weighted by Gasteiger charge is 2.17. The fourth-order valence-corrected chi connectivity index (χ4v) is 2.46. The molecule has 0 spiro atoms. The van der Waals surface area contributed by atoms with Crippen molar-refractivity contribution in [2.45, 2.75) is 25.2 Å². The van der Waals surface area contributed by atoms with Crippen molar-refractivity contribution in [3.63, 3.8) is 0 Å². The first-order valence-corrected chi connectivity index (χ1v) is 7.40. The van der Waals surface area contributed by atoms with E-state index in [1.165, 1.54) is 6.07 Å². The van der Waals surface area contributed by atoms with Crippen molar-refractivity contribution >= 4 is 21.4 Å². The van der Waals surface area contributed by atoms with Crippen LogP contribution in [-0.4, -0.2) is 22.0 Å². The maximum atomic E-state index is 11.5. The van der Waals surface area contributed by atoms with Crippen LogP contribution in [0, 0.1) is 5.92 Å². The van der Waals surface area contributed by atoms with E-state index in [1.54, 1.807) is 12.1 Å². The maximum Gasteiger partial charge on any atom is 0.240 e. The van der Waals surface area contributed by atoms with Gasteiger partial charge in [0.15, 0.2) is 0 Å². The Hall–Kier alpha value is -1.27. The second-order valence-corrected chi connectivity index (χ2v) is 6.41. The maximum absolute atomic E-state index is 11.5. The van der Waals surface area contributed by atoms with Gasteiger partial charge in [-0.1, -0.05) is 13.8 Å². The fraction of sp³-hybridized carbons (Fsp3) is 0.500. The molecule has 1 aromatic carbocycles. The minimum Gasteiger partial charge on any atom is -0.399 e. The zero-order valence-electron chi connectivity index (χ0n) is 11.1. The van der Waals surface area contributed by atoms with E-state index in [0.29, 0.717) is 17.3 Å². The SMILES string of the molecule is CC(C)CCN(C)c1ccc(N)cc1S(N)(=O)=O. The van der Waals surface area contributed by atoms with Crippen LogP contribution in [0.3, 0.4) is 0 Å². The van der Waals surface area contributed by atoms with Crippen molar-refractivity contribution in [2.24, 2.45) is 11.1 Å². The van der Waals surface area contributed by atoms with Crippen LogP contribution in [0.2, 0.25) is 0 Å². The van der Waals surface area contributed by atoms with Gasteiger partial charge in [0.2, 0.25) is 10.0 Å². The van der Waals surface area contributed by atoms with Crippen LogP contribution in [-0.2, 0) is 10.0 Å². The minimum absolute atomic E-state index is 0.0776. The number of nitrogens with two attached hydrogens (primary N) is 2. The second-order valence-electron chi connectivity index (χ2n) is 4.88. The molecular formula is C12H21N3O2S. The largest absolute Gasteiger partial charge is 0.399 e. The molecule has 0 aromatic heterocycles. The molecule has 4 N–H and O–H groups in total. The van der Waals surface area contributed by atoms with Gasteiger partial charge in [-0.3, -0.25) is 0 Å². The Morgan fingerprint density at radius 3 is 2.44 bits per heavy atom. The third kappa shape index (κ3) is 3.89. The summed E-state index contributed by atoms with van der Waals surface area (Å²) < 4.78 is 23.1. The van der Waals surface area contributed by atoms with E-state index in [-0.39, 0.29) is 4.90 Å². The topological polar surface area (TPSA) is 89.4 Å². The molecule has 0 heterocycles. The smallest absolute Gasteiger partial charge is 0.240 e. The first-order valence-electron chi connectivity index (χ1n) is 5.85. The van der Waals surface area contributed by atoms with Crippen LogP contribution < -0.4 is 15.8 Å². The number of hydrogen-bond acceptors (Lipinski definition) is 4. The number of anilines is 2. The van der Waals surface area contributed by atoms with E-state index < -0.39 is 10.0 Å². The molecule has 0 unspecified atom stereocenters. The number of sulfonamides is 1. The van der Waals surface area contributed by atoms with Gasteiger partial charge in [-0.05, 0) is 30.5 Å². The quantitative estimate of drug-likeness (QED) is 0.792. The Labute approximate surface area is 109 Å². The molecule has 0 bridgehead atoms. The summed E-state index contributed by atoms with van der Waals surface area (Å²) in [6.07, 6.45) is 0.977. The number of benzene rings is 1. The van der Waals surface area contributed by atoms with Gasteiger partial charge in [-0.15, -0.1) is 0 Å². The third-order valence-electron chi connectivity index (χ3n) is 2.74. The van der Waals surface area contributed by atoms with E-state index in [4.69, 9.17) is 10.9 Å². The molecular weight excluding hydrogens is 250 g/mol. The van der Waals surface area contributed by atoms with Gasteiger partial charge in [0.05, 0.1) is 5.69 Å². The van der Waals surface area contributed by atoms with Crippen molar-refractivity contribution in [3.8, 4) is 0 Å². The molecule has 0 fully saturated rings. The van der Waals surface area contributed by atoms with E-state index in [2.05, 4.69) is 13.8 Å². The second kappa shape index (κ2) is 5.58. The van der Waals surface area contributed by atoms with Gasteiger partial charge in [-0.2, -0.15) is 0 Å². The summed E-state index contributed by atoms with van der Waals surface area (Å²) in [4.78, 5) is 1.97. The number of rotatable bonds is 5. The summed E-state index contributed by atoms with van der Waals surface area (Å²) in [5.41, 5.74) is 6.59. The molecule has 5 nitrogen and oxygen atoms in total. The predicted octanol–water partition coefficient (Wildman–Crippen LogP) is 1.40.